The number of likely N-dealkylation sites (tertiary alicyclic amines) is 1. The average Bonchev–Trinajstić information content (AvgIpc) is 3.52. The number of aromatic nitrogens is 3. The van der Waals surface area contributed by atoms with Gasteiger partial charge in [0, 0.05) is 48.4 Å². The summed E-state index contributed by atoms with van der Waals surface area (Å²) in [5.74, 6) is 12.8. The summed E-state index contributed by atoms with van der Waals surface area (Å²) in [6.07, 6.45) is 1.92. The average molecular weight is 453 g/mol. The molecular formula is C25H24N8O. The molecule has 1 aliphatic heterocycles. The van der Waals surface area contributed by atoms with Crippen LogP contribution in [-0.2, 0) is 6.54 Å². The number of hydrazone groups is 1. The van der Waals surface area contributed by atoms with Gasteiger partial charge in [-0.15, -0.1) is 0 Å². The lowest BCUT2D eigenvalue weighted by molar-refractivity contribution is 0.132. The van der Waals surface area contributed by atoms with Gasteiger partial charge in [-0.3, -0.25) is 4.90 Å². The van der Waals surface area contributed by atoms with E-state index in [1.54, 1.807) is 0 Å². The fraction of sp³-hybridized carbons (Fsp3) is 0.160. The number of fused-ring (bicyclic) bond motifs is 2. The van der Waals surface area contributed by atoms with E-state index in [1.807, 2.05) is 36.5 Å². The van der Waals surface area contributed by atoms with Gasteiger partial charge in [0.15, 0.2) is 0 Å². The number of rotatable bonds is 5. The molecule has 0 amide bonds. The largest absolute Gasteiger partial charge is 0.361 e. The number of nitrogens with one attached hydrogen (secondary N) is 2. The Bertz CT molecular complexity index is 1510. The summed E-state index contributed by atoms with van der Waals surface area (Å²) < 4.78 is 5.64. The standard InChI is InChI=1S/C25H24N8O/c26-30-23(31-27)18-13-33(14-18)12-17-7-8-21(20-4-2-1-3-19(17)20)24-29-25(34-32-24)16-6-5-15-9-10-28-22(15)11-16/h1-11,18,28H,12-14,26-27H2,(H,30,31). The molecule has 0 unspecified atom stereocenters. The molecule has 6 rings (SSSR count). The molecule has 0 bridgehead atoms. The van der Waals surface area contributed by atoms with Crippen LogP contribution in [0.2, 0.25) is 0 Å². The van der Waals surface area contributed by atoms with Crippen LogP contribution < -0.4 is 17.1 Å². The molecule has 2 aromatic heterocycles. The molecule has 9 heteroatoms. The fourth-order valence-electron chi connectivity index (χ4n) is 4.70. The Morgan fingerprint density at radius 3 is 2.79 bits per heavy atom. The molecule has 1 aliphatic rings. The van der Waals surface area contributed by atoms with Crippen molar-refractivity contribution in [1.82, 2.24) is 25.5 Å². The summed E-state index contributed by atoms with van der Waals surface area (Å²) in [6.45, 7) is 2.54. The molecule has 1 saturated heterocycles. The Morgan fingerprint density at radius 2 is 1.97 bits per heavy atom. The molecule has 0 spiro atoms. The van der Waals surface area contributed by atoms with E-state index in [2.05, 4.69) is 55.9 Å². The molecule has 3 aromatic carbocycles. The maximum Gasteiger partial charge on any atom is 0.258 e. The van der Waals surface area contributed by atoms with Crippen LogP contribution in [0.4, 0.5) is 0 Å². The van der Waals surface area contributed by atoms with E-state index in [0.29, 0.717) is 17.6 Å². The van der Waals surface area contributed by atoms with Crippen LogP contribution in [0.25, 0.3) is 44.5 Å². The Morgan fingerprint density at radius 1 is 1.12 bits per heavy atom. The third-order valence-electron chi connectivity index (χ3n) is 6.51. The van der Waals surface area contributed by atoms with Gasteiger partial charge in [0.2, 0.25) is 5.82 Å². The van der Waals surface area contributed by atoms with Crippen LogP contribution in [0.5, 0.6) is 0 Å². The highest BCUT2D eigenvalue weighted by molar-refractivity contribution is 5.97. The van der Waals surface area contributed by atoms with E-state index in [9.17, 15) is 0 Å². The van der Waals surface area contributed by atoms with Crippen molar-refractivity contribution < 1.29 is 4.52 Å². The Balaban J connectivity index is 1.29. The first-order valence-electron chi connectivity index (χ1n) is 11.1. The van der Waals surface area contributed by atoms with Gasteiger partial charge in [-0.1, -0.05) is 47.6 Å². The van der Waals surface area contributed by atoms with Crippen molar-refractivity contribution in [3.8, 4) is 22.8 Å². The van der Waals surface area contributed by atoms with Gasteiger partial charge in [-0.05, 0) is 39.9 Å². The van der Waals surface area contributed by atoms with Gasteiger partial charge in [0.05, 0.1) is 0 Å². The first kappa shape index (κ1) is 20.4. The minimum Gasteiger partial charge on any atom is -0.361 e. The number of hydrogen-bond acceptors (Lipinski definition) is 7. The second kappa shape index (κ2) is 8.29. The zero-order valence-electron chi connectivity index (χ0n) is 18.4. The molecule has 3 heterocycles. The maximum absolute atomic E-state index is 5.64. The summed E-state index contributed by atoms with van der Waals surface area (Å²) in [5, 5.41) is 11.4. The fourth-order valence-corrected chi connectivity index (χ4v) is 4.70. The topological polar surface area (TPSA) is 134 Å². The number of hydrogen-bond donors (Lipinski definition) is 4. The molecule has 0 radical (unpaired) electrons. The third kappa shape index (κ3) is 3.47. The zero-order chi connectivity index (χ0) is 23.1. The summed E-state index contributed by atoms with van der Waals surface area (Å²) in [4.78, 5) is 10.3. The highest BCUT2D eigenvalue weighted by atomic mass is 16.5. The van der Waals surface area contributed by atoms with E-state index >= 15 is 0 Å². The minimum atomic E-state index is 0.239. The predicted octanol–water partition coefficient (Wildman–Crippen LogP) is 3.21. The minimum absolute atomic E-state index is 0.239. The van der Waals surface area contributed by atoms with Gasteiger partial charge >= 0.3 is 0 Å². The number of amidine groups is 1. The molecule has 1 fully saturated rings. The first-order valence-corrected chi connectivity index (χ1v) is 11.1. The van der Waals surface area contributed by atoms with Gasteiger partial charge in [-0.2, -0.15) is 10.1 Å². The highest BCUT2D eigenvalue weighted by Gasteiger charge is 2.31. The number of nitrogens with two attached hydrogens (primary N) is 2. The highest BCUT2D eigenvalue weighted by Crippen LogP contribution is 2.32. The van der Waals surface area contributed by atoms with Crippen molar-refractivity contribution >= 4 is 27.5 Å². The molecule has 6 N–H and O–H groups in total. The van der Waals surface area contributed by atoms with Crippen molar-refractivity contribution in [3.63, 3.8) is 0 Å². The second-order valence-electron chi connectivity index (χ2n) is 8.57. The Kier molecular flexibility index (Phi) is 4.97. The summed E-state index contributed by atoms with van der Waals surface area (Å²) >= 11 is 0. The maximum atomic E-state index is 5.64. The molecular weight excluding hydrogens is 428 g/mol. The van der Waals surface area contributed by atoms with Crippen LogP contribution in [-0.4, -0.2) is 38.9 Å². The quantitative estimate of drug-likeness (QED) is 0.139. The normalized spacial score (nSPS) is 15.1. The first-order chi connectivity index (χ1) is 16.7. The van der Waals surface area contributed by atoms with Gasteiger partial charge in [0.25, 0.3) is 5.89 Å². The number of nitrogens with zero attached hydrogens (tertiary/aromatic N) is 4. The van der Waals surface area contributed by atoms with Gasteiger partial charge in [0.1, 0.15) is 5.84 Å². The zero-order valence-corrected chi connectivity index (χ0v) is 18.4. The van der Waals surface area contributed by atoms with E-state index in [-0.39, 0.29) is 5.92 Å². The monoisotopic (exact) mass is 452 g/mol. The van der Waals surface area contributed by atoms with E-state index in [0.717, 1.165) is 47.1 Å². The van der Waals surface area contributed by atoms with Crippen molar-refractivity contribution in [2.45, 2.75) is 6.54 Å². The lowest BCUT2D eigenvalue weighted by Gasteiger charge is -2.39. The molecule has 0 saturated carbocycles. The number of H-pyrrole nitrogens is 1. The van der Waals surface area contributed by atoms with Gasteiger partial charge < -0.3 is 20.8 Å². The molecule has 0 atom stereocenters. The Hall–Kier alpha value is -4.21. The van der Waals surface area contributed by atoms with Crippen molar-refractivity contribution in [3.05, 3.63) is 72.4 Å². The number of hydrazine groups is 1. The van der Waals surface area contributed by atoms with Crippen LogP contribution >= 0.6 is 0 Å². The smallest absolute Gasteiger partial charge is 0.258 e. The summed E-state index contributed by atoms with van der Waals surface area (Å²) in [5.41, 5.74) is 6.69. The molecule has 5 aromatic rings. The lowest BCUT2D eigenvalue weighted by Crippen LogP contribution is -2.54. The van der Waals surface area contributed by atoms with E-state index in [4.69, 9.17) is 21.2 Å². The summed E-state index contributed by atoms with van der Waals surface area (Å²) in [6, 6.07) is 20.6. The van der Waals surface area contributed by atoms with Crippen LogP contribution in [0, 0.1) is 5.92 Å². The summed E-state index contributed by atoms with van der Waals surface area (Å²) in [7, 11) is 0. The predicted molar refractivity (Wildman–Crippen MR) is 132 cm³/mol. The van der Waals surface area contributed by atoms with E-state index < -0.39 is 0 Å². The van der Waals surface area contributed by atoms with Crippen LogP contribution in [0.3, 0.4) is 0 Å². The second-order valence-corrected chi connectivity index (χ2v) is 8.57. The molecule has 9 nitrogen and oxygen atoms in total. The third-order valence-corrected chi connectivity index (χ3v) is 6.51. The van der Waals surface area contributed by atoms with Crippen molar-refractivity contribution in [2.75, 3.05) is 13.1 Å². The van der Waals surface area contributed by atoms with Crippen molar-refractivity contribution in [2.24, 2.45) is 22.7 Å². The number of aromatic amines is 1. The van der Waals surface area contributed by atoms with E-state index in [1.165, 1.54) is 10.9 Å². The lowest BCUT2D eigenvalue weighted by atomic mass is 9.95. The van der Waals surface area contributed by atoms with Crippen LogP contribution in [0.15, 0.2) is 76.5 Å². The Labute approximate surface area is 195 Å². The van der Waals surface area contributed by atoms with Crippen LogP contribution in [0.1, 0.15) is 5.56 Å². The molecule has 170 valence electrons. The van der Waals surface area contributed by atoms with Crippen molar-refractivity contribution in [1.29, 1.82) is 0 Å². The number of benzene rings is 3. The molecule has 34 heavy (non-hydrogen) atoms. The molecule has 0 aliphatic carbocycles. The SMILES string of the molecule is N/N=C(\NN)C1CN(Cc2ccc(-c3noc(-c4ccc5cc[nH]c5c4)n3)c3ccccc23)C1. The van der Waals surface area contributed by atoms with Gasteiger partial charge in [-0.25, -0.2) is 5.84 Å².